The van der Waals surface area contributed by atoms with Crippen LogP contribution in [-0.2, 0) is 0 Å². The summed E-state index contributed by atoms with van der Waals surface area (Å²) in [7, 11) is -2.89. The highest BCUT2D eigenvalue weighted by Gasteiger charge is 2.53. The number of allylic oxidation sites excluding steroid dienone is 2. The first-order valence-corrected chi connectivity index (χ1v) is 25.6. The molecule has 3 aliphatic heterocycles. The van der Waals surface area contributed by atoms with E-state index in [0.29, 0.717) is 0 Å². The van der Waals surface area contributed by atoms with Crippen LogP contribution in [0.4, 0.5) is 28.4 Å². The molecule has 0 bridgehead atoms. The van der Waals surface area contributed by atoms with Crippen LogP contribution in [0.5, 0.6) is 0 Å². The molecule has 0 saturated carbocycles. The summed E-state index contributed by atoms with van der Waals surface area (Å²) in [6, 6.07) is 74.4. The number of para-hydroxylation sites is 2. The maximum absolute atomic E-state index is 2.89. The summed E-state index contributed by atoms with van der Waals surface area (Å²) in [5, 5.41) is 9.33. The minimum Gasteiger partial charge on any atom is -0.312 e. The first-order chi connectivity index (χ1) is 30.8. The molecular weight excluding hydrogens is 804 g/mol. The van der Waals surface area contributed by atoms with Gasteiger partial charge >= 0.3 is 0 Å². The molecule has 4 aliphatic rings. The van der Waals surface area contributed by atoms with Crippen LogP contribution >= 0.6 is 23.1 Å². The van der Waals surface area contributed by atoms with Crippen molar-refractivity contribution in [3.63, 3.8) is 0 Å². The molecule has 1 aliphatic carbocycles. The smallest absolute Gasteiger partial charge is 0.246 e. The van der Waals surface area contributed by atoms with Crippen LogP contribution < -0.4 is 46.9 Å². The highest BCUT2D eigenvalue weighted by atomic mass is 32.2. The average molecular weight is 845 g/mol. The Balaban J connectivity index is 1.13. The second kappa shape index (κ2) is 14.4. The second-order valence-corrected chi connectivity index (χ2v) is 22.8. The predicted octanol–water partition coefficient (Wildman–Crippen LogP) is 10.6. The van der Waals surface area contributed by atoms with Gasteiger partial charge in [-0.3, -0.25) is 0 Å². The van der Waals surface area contributed by atoms with Crippen LogP contribution in [0.15, 0.2) is 215 Å². The van der Waals surface area contributed by atoms with Gasteiger partial charge in [0.15, 0.2) is 8.07 Å². The molecule has 0 spiro atoms. The van der Waals surface area contributed by atoms with Crippen molar-refractivity contribution in [2.24, 2.45) is 0 Å². The lowest BCUT2D eigenvalue weighted by atomic mass is 9.34. The molecule has 0 unspecified atom stereocenters. The third-order valence-electron chi connectivity index (χ3n) is 13.8. The van der Waals surface area contributed by atoms with Gasteiger partial charge in [0.1, 0.15) is 0 Å². The summed E-state index contributed by atoms with van der Waals surface area (Å²) in [6.45, 7) is 0.0319. The van der Waals surface area contributed by atoms with Gasteiger partial charge in [0, 0.05) is 42.9 Å². The van der Waals surface area contributed by atoms with Crippen molar-refractivity contribution in [3.8, 4) is 11.1 Å². The van der Waals surface area contributed by atoms with E-state index >= 15 is 0 Å². The summed E-state index contributed by atoms with van der Waals surface area (Å²) in [6.07, 6.45) is 4.73. The van der Waals surface area contributed by atoms with Crippen molar-refractivity contribution in [2.75, 3.05) is 9.80 Å². The van der Waals surface area contributed by atoms with Gasteiger partial charge < -0.3 is 9.80 Å². The van der Waals surface area contributed by atoms with Crippen LogP contribution in [0.25, 0.3) is 21.2 Å². The molecule has 0 radical (unpaired) electrons. The van der Waals surface area contributed by atoms with Crippen LogP contribution in [0.1, 0.15) is 25.7 Å². The topological polar surface area (TPSA) is 6.48 Å². The number of thiophene rings is 1. The number of rotatable bonds is 5. The number of hydrogen-bond donors (Lipinski definition) is 0. The number of benzene rings is 8. The summed E-state index contributed by atoms with van der Waals surface area (Å²) < 4.78 is 1.35. The van der Waals surface area contributed by atoms with Crippen molar-refractivity contribution in [1.82, 2.24) is 0 Å². The number of hydrogen-bond acceptors (Lipinski definition) is 4. The van der Waals surface area contributed by atoms with E-state index in [4.69, 9.17) is 0 Å². The zero-order chi connectivity index (χ0) is 40.8. The molecule has 0 saturated heterocycles. The molecular formula is C56H41BN2S2Si. The van der Waals surface area contributed by atoms with Crippen LogP contribution in [0.2, 0.25) is 0 Å². The Labute approximate surface area is 372 Å². The SMILES string of the molecule is c1ccc(N2c3cc(N4C5=C(CCCC5)Sc5ccccc54)ccc3B3c4cc(-c5cccc6ccsc56)ccc4[Si](c4ccccc4)(c4ccccc4)c4cccc2c43)cc1. The second-order valence-electron chi connectivity index (χ2n) is 17.0. The standard InChI is InChI=1S/C56H41BN2S2Si/c1-4-17-40(18-5-1)58-49-26-15-29-54-55(49)57(45-32-31-41(37-50(45)58)59-47-24-10-12-27-51(47)61-52-28-13-11-25-48(52)59)46-36-39(44-23-14-16-38-34-35-60-56(38)44)30-33-53(46)62(54,42-19-6-2-7-20-42)43-21-8-3-9-22-43/h1-10,12,14-24,26-27,29-37H,11,13,25,28H2. The Morgan fingerprint density at radius 1 is 0.500 bits per heavy atom. The lowest BCUT2D eigenvalue weighted by molar-refractivity contribution is 0.680. The molecule has 1 aromatic heterocycles. The molecule has 9 aromatic rings. The van der Waals surface area contributed by atoms with E-state index in [2.05, 4.69) is 209 Å². The van der Waals surface area contributed by atoms with Gasteiger partial charge in [0.05, 0.1) is 5.69 Å². The third kappa shape index (κ3) is 5.30. The van der Waals surface area contributed by atoms with E-state index in [0.717, 1.165) is 12.8 Å². The third-order valence-corrected chi connectivity index (χ3v) is 20.9. The fraction of sp³-hybridized carbons (Fsp3) is 0.0714. The van der Waals surface area contributed by atoms with Gasteiger partial charge in [0.25, 0.3) is 0 Å². The van der Waals surface area contributed by atoms with E-state index in [1.165, 1.54) is 115 Å². The normalized spacial score (nSPS) is 15.7. The molecule has 0 fully saturated rings. The van der Waals surface area contributed by atoms with Crippen LogP contribution in [-0.4, -0.2) is 14.8 Å². The van der Waals surface area contributed by atoms with Crippen LogP contribution in [0, 0.1) is 0 Å². The highest BCUT2D eigenvalue weighted by molar-refractivity contribution is 8.03. The maximum Gasteiger partial charge on any atom is 0.246 e. The van der Waals surface area contributed by atoms with E-state index in [-0.39, 0.29) is 6.71 Å². The van der Waals surface area contributed by atoms with E-state index in [9.17, 15) is 0 Å². The van der Waals surface area contributed by atoms with E-state index in [1.807, 2.05) is 23.1 Å². The molecule has 62 heavy (non-hydrogen) atoms. The van der Waals surface area contributed by atoms with Gasteiger partial charge in [-0.1, -0.05) is 163 Å². The van der Waals surface area contributed by atoms with Gasteiger partial charge in [-0.25, -0.2) is 0 Å². The fourth-order valence-electron chi connectivity index (χ4n) is 11.3. The monoisotopic (exact) mass is 844 g/mol. The lowest BCUT2D eigenvalue weighted by Gasteiger charge is -2.47. The van der Waals surface area contributed by atoms with Gasteiger partial charge in [-0.2, -0.15) is 0 Å². The van der Waals surface area contributed by atoms with Crippen molar-refractivity contribution in [3.05, 3.63) is 210 Å². The zero-order valence-corrected chi connectivity index (χ0v) is 36.8. The Kier molecular flexibility index (Phi) is 8.44. The first-order valence-electron chi connectivity index (χ1n) is 21.9. The molecule has 13 rings (SSSR count). The largest absolute Gasteiger partial charge is 0.312 e. The van der Waals surface area contributed by atoms with Crippen molar-refractivity contribution >= 4 is 114 Å². The minimum absolute atomic E-state index is 0.0319. The fourth-order valence-corrected chi connectivity index (χ4v) is 18.7. The summed E-state index contributed by atoms with van der Waals surface area (Å²) >= 11 is 3.84. The molecule has 2 nitrogen and oxygen atoms in total. The van der Waals surface area contributed by atoms with Crippen LogP contribution in [0.3, 0.4) is 0 Å². The Morgan fingerprint density at radius 2 is 1.23 bits per heavy atom. The molecule has 0 atom stereocenters. The highest BCUT2D eigenvalue weighted by Crippen LogP contribution is 2.52. The summed E-state index contributed by atoms with van der Waals surface area (Å²) in [4.78, 5) is 8.07. The van der Waals surface area contributed by atoms with Crippen molar-refractivity contribution in [2.45, 2.75) is 30.6 Å². The number of nitrogens with zero attached hydrogens (tertiary/aromatic N) is 2. The number of fused-ring (bicyclic) bond motifs is 6. The number of anilines is 5. The van der Waals surface area contributed by atoms with Crippen molar-refractivity contribution in [1.29, 1.82) is 0 Å². The first kappa shape index (κ1) is 36.4. The number of thioether (sulfide) groups is 1. The Hall–Kier alpha value is -6.31. The Bertz CT molecular complexity index is 3210. The predicted molar refractivity (Wildman–Crippen MR) is 270 cm³/mol. The van der Waals surface area contributed by atoms with Gasteiger partial charge in [0.2, 0.25) is 6.71 Å². The molecule has 8 aromatic carbocycles. The molecule has 6 heteroatoms. The molecule has 0 N–H and O–H groups in total. The van der Waals surface area contributed by atoms with E-state index < -0.39 is 8.07 Å². The molecule has 4 heterocycles. The maximum atomic E-state index is 2.60. The lowest BCUT2D eigenvalue weighted by Crippen LogP contribution is -2.87. The minimum atomic E-state index is -2.89. The van der Waals surface area contributed by atoms with Crippen molar-refractivity contribution < 1.29 is 0 Å². The van der Waals surface area contributed by atoms with Gasteiger partial charge in [-0.05, 0) is 128 Å². The Morgan fingerprint density at radius 3 is 2.05 bits per heavy atom. The van der Waals surface area contributed by atoms with E-state index in [1.54, 1.807) is 0 Å². The summed E-state index contributed by atoms with van der Waals surface area (Å²) in [5.41, 5.74) is 14.5. The summed E-state index contributed by atoms with van der Waals surface area (Å²) in [5.74, 6) is 0. The van der Waals surface area contributed by atoms with Gasteiger partial charge in [-0.15, -0.1) is 11.3 Å². The quantitative estimate of drug-likeness (QED) is 0.159. The molecule has 294 valence electrons. The zero-order valence-electron chi connectivity index (χ0n) is 34.2. The average Bonchev–Trinajstić information content (AvgIpc) is 3.83. The molecule has 0 amide bonds.